The lowest BCUT2D eigenvalue weighted by molar-refractivity contribution is -0.385. The first-order valence-electron chi connectivity index (χ1n) is 7.80. The molecule has 0 N–H and O–H groups in total. The number of nitro groups is 1. The van der Waals surface area contributed by atoms with Crippen molar-refractivity contribution in [2.24, 2.45) is 5.92 Å². The van der Waals surface area contributed by atoms with Gasteiger partial charge in [0, 0.05) is 44.2 Å². The summed E-state index contributed by atoms with van der Waals surface area (Å²) in [4.78, 5) is 23.7. The van der Waals surface area contributed by atoms with Gasteiger partial charge in [-0.1, -0.05) is 13.8 Å². The number of rotatable bonds is 5. The maximum atomic E-state index is 12.9. The predicted molar refractivity (Wildman–Crippen MR) is 89.8 cm³/mol. The number of benzene rings is 1. The van der Waals surface area contributed by atoms with Gasteiger partial charge in [-0.3, -0.25) is 14.9 Å². The number of non-ortho nitro benzene ring substituents is 1. The molecule has 1 aliphatic rings. The Hall–Kier alpha value is -2.20. The highest BCUT2D eigenvalue weighted by Crippen LogP contribution is 2.31. The first kappa shape index (κ1) is 19.1. The molecule has 2 rings (SSSR count). The Morgan fingerprint density at radius 1 is 1.24 bits per heavy atom. The quantitative estimate of drug-likeness (QED) is 0.566. The van der Waals surface area contributed by atoms with Gasteiger partial charge in [0.15, 0.2) is 0 Å². The summed E-state index contributed by atoms with van der Waals surface area (Å²) >= 11 is 0. The Kier molecular flexibility index (Phi) is 5.63. The zero-order valence-corrected chi connectivity index (χ0v) is 15.2. The summed E-state index contributed by atoms with van der Waals surface area (Å²) in [6.07, 6.45) is 0. The Morgan fingerprint density at radius 3 is 2.32 bits per heavy atom. The molecule has 1 amide bonds. The summed E-state index contributed by atoms with van der Waals surface area (Å²) in [6, 6.07) is 3.46. The van der Waals surface area contributed by atoms with Crippen molar-refractivity contribution in [3.05, 3.63) is 28.3 Å². The maximum absolute atomic E-state index is 12.9. The van der Waals surface area contributed by atoms with Crippen LogP contribution < -0.4 is 4.74 Å². The summed E-state index contributed by atoms with van der Waals surface area (Å²) in [5.74, 6) is -0.128. The van der Waals surface area contributed by atoms with E-state index in [1.165, 1.54) is 23.5 Å². The average molecular weight is 371 g/mol. The number of carbonyl (C=O) groups is 1. The van der Waals surface area contributed by atoms with Gasteiger partial charge >= 0.3 is 0 Å². The monoisotopic (exact) mass is 371 g/mol. The molecule has 0 saturated carbocycles. The summed E-state index contributed by atoms with van der Waals surface area (Å²) in [6.45, 7) is 4.42. The van der Waals surface area contributed by atoms with Crippen LogP contribution in [0.3, 0.4) is 0 Å². The normalized spacial score (nSPS) is 16.1. The summed E-state index contributed by atoms with van der Waals surface area (Å²) < 4.78 is 32.0. The van der Waals surface area contributed by atoms with Gasteiger partial charge in [0.1, 0.15) is 10.6 Å². The number of nitro benzene ring substituents is 1. The third-order valence-corrected chi connectivity index (χ3v) is 5.94. The molecule has 0 aliphatic carbocycles. The highest BCUT2D eigenvalue weighted by molar-refractivity contribution is 7.89. The second-order valence-corrected chi connectivity index (χ2v) is 7.88. The van der Waals surface area contributed by atoms with Crippen LogP contribution in [-0.2, 0) is 14.8 Å². The summed E-state index contributed by atoms with van der Waals surface area (Å²) in [5.41, 5.74) is -0.326. The molecule has 9 nitrogen and oxygen atoms in total. The molecule has 1 saturated heterocycles. The number of piperazine rings is 1. The molecule has 1 fully saturated rings. The fraction of sp³-hybridized carbons (Fsp3) is 0.533. The molecule has 10 heteroatoms. The minimum absolute atomic E-state index is 0.0232. The van der Waals surface area contributed by atoms with Crippen molar-refractivity contribution in [3.8, 4) is 5.75 Å². The van der Waals surface area contributed by atoms with Crippen molar-refractivity contribution in [2.45, 2.75) is 18.7 Å². The standard InChI is InChI=1S/C15H21N3O6S/c1-11(2)15(19)16-6-8-17(9-7-16)25(22,23)14-10-12(18(20)21)4-5-13(14)24-3/h4-5,10-11H,6-9H2,1-3H3. The Morgan fingerprint density at radius 2 is 1.84 bits per heavy atom. The van der Waals surface area contributed by atoms with Crippen molar-refractivity contribution in [2.75, 3.05) is 33.3 Å². The molecule has 0 aromatic heterocycles. The fourth-order valence-electron chi connectivity index (χ4n) is 2.63. The minimum Gasteiger partial charge on any atom is -0.495 e. The molecule has 0 atom stereocenters. The fourth-order valence-corrected chi connectivity index (χ4v) is 4.23. The van der Waals surface area contributed by atoms with Crippen molar-refractivity contribution in [1.82, 2.24) is 9.21 Å². The van der Waals surface area contributed by atoms with Gasteiger partial charge in [0.2, 0.25) is 15.9 Å². The van der Waals surface area contributed by atoms with E-state index in [1.54, 1.807) is 18.7 Å². The van der Waals surface area contributed by atoms with Crippen LogP contribution in [0.4, 0.5) is 5.69 Å². The van der Waals surface area contributed by atoms with Crippen LogP contribution in [0.15, 0.2) is 23.1 Å². The number of methoxy groups -OCH3 is 1. The van der Waals surface area contributed by atoms with Gasteiger partial charge in [-0.05, 0) is 6.07 Å². The molecule has 1 aromatic carbocycles. The summed E-state index contributed by atoms with van der Waals surface area (Å²) in [5, 5.41) is 10.9. The van der Waals surface area contributed by atoms with Gasteiger partial charge in [0.25, 0.3) is 5.69 Å². The lowest BCUT2D eigenvalue weighted by atomic mass is 10.2. The van der Waals surface area contributed by atoms with Gasteiger partial charge in [-0.2, -0.15) is 4.31 Å². The molecule has 0 radical (unpaired) electrons. The van der Waals surface area contributed by atoms with Crippen LogP contribution >= 0.6 is 0 Å². The maximum Gasteiger partial charge on any atom is 0.271 e. The largest absolute Gasteiger partial charge is 0.495 e. The number of hydrogen-bond acceptors (Lipinski definition) is 6. The minimum atomic E-state index is -3.96. The van der Waals surface area contributed by atoms with Gasteiger partial charge in [0.05, 0.1) is 12.0 Å². The number of amides is 1. The number of sulfonamides is 1. The lowest BCUT2D eigenvalue weighted by Gasteiger charge is -2.35. The highest BCUT2D eigenvalue weighted by atomic mass is 32.2. The van der Waals surface area contributed by atoms with E-state index in [9.17, 15) is 23.3 Å². The first-order valence-corrected chi connectivity index (χ1v) is 9.24. The van der Waals surface area contributed by atoms with Crippen LogP contribution in [0.5, 0.6) is 5.75 Å². The van der Waals surface area contributed by atoms with Crippen molar-refractivity contribution < 1.29 is 22.9 Å². The Balaban J connectivity index is 2.27. The SMILES string of the molecule is COc1ccc([N+](=O)[O-])cc1S(=O)(=O)N1CCN(C(=O)C(C)C)CC1. The summed E-state index contributed by atoms with van der Waals surface area (Å²) in [7, 11) is -2.66. The second-order valence-electron chi connectivity index (χ2n) is 5.98. The van der Waals surface area contributed by atoms with Crippen molar-refractivity contribution in [3.63, 3.8) is 0 Å². The second kappa shape index (κ2) is 7.36. The van der Waals surface area contributed by atoms with Crippen LogP contribution in [0.1, 0.15) is 13.8 Å². The average Bonchev–Trinajstić information content (AvgIpc) is 2.60. The van der Waals surface area contributed by atoms with Gasteiger partial charge in [-0.25, -0.2) is 8.42 Å². The molecule has 0 bridgehead atoms. The predicted octanol–water partition coefficient (Wildman–Crippen LogP) is 1.09. The van der Waals surface area contributed by atoms with E-state index in [1.807, 2.05) is 0 Å². The Labute approximate surface area is 146 Å². The number of ether oxygens (including phenoxy) is 1. The molecule has 25 heavy (non-hydrogen) atoms. The van der Waals surface area contributed by atoms with E-state index in [2.05, 4.69) is 0 Å². The third-order valence-electron chi connectivity index (χ3n) is 4.02. The van der Waals surface area contributed by atoms with E-state index in [0.717, 1.165) is 6.07 Å². The zero-order chi connectivity index (χ0) is 18.8. The molecule has 1 aliphatic heterocycles. The molecule has 0 unspecified atom stereocenters. The molecule has 0 spiro atoms. The van der Waals surface area contributed by atoms with Crippen molar-refractivity contribution in [1.29, 1.82) is 0 Å². The number of hydrogen-bond donors (Lipinski definition) is 0. The molecule has 1 aromatic rings. The van der Waals surface area contributed by atoms with E-state index in [-0.39, 0.29) is 54.3 Å². The van der Waals surface area contributed by atoms with E-state index >= 15 is 0 Å². The van der Waals surface area contributed by atoms with Crippen LogP contribution in [0, 0.1) is 16.0 Å². The van der Waals surface area contributed by atoms with E-state index < -0.39 is 14.9 Å². The van der Waals surface area contributed by atoms with Crippen molar-refractivity contribution >= 4 is 21.6 Å². The number of nitrogens with zero attached hydrogens (tertiary/aromatic N) is 3. The van der Waals surface area contributed by atoms with Crippen LogP contribution in [0.2, 0.25) is 0 Å². The van der Waals surface area contributed by atoms with Gasteiger partial charge in [-0.15, -0.1) is 0 Å². The van der Waals surface area contributed by atoms with Gasteiger partial charge < -0.3 is 9.64 Å². The van der Waals surface area contributed by atoms with E-state index in [0.29, 0.717) is 0 Å². The van der Waals surface area contributed by atoms with Crippen LogP contribution in [-0.4, -0.2) is 61.7 Å². The number of carbonyl (C=O) groups excluding carboxylic acids is 1. The topological polar surface area (TPSA) is 110 Å². The lowest BCUT2D eigenvalue weighted by Crippen LogP contribution is -2.51. The molecular weight excluding hydrogens is 350 g/mol. The molecule has 138 valence electrons. The highest BCUT2D eigenvalue weighted by Gasteiger charge is 2.33. The van der Waals surface area contributed by atoms with E-state index in [4.69, 9.17) is 4.74 Å². The zero-order valence-electron chi connectivity index (χ0n) is 14.3. The smallest absolute Gasteiger partial charge is 0.271 e. The molecule has 1 heterocycles. The third kappa shape index (κ3) is 3.90. The Bertz CT molecular complexity index is 769. The first-order chi connectivity index (χ1) is 11.7. The molecular formula is C15H21N3O6S. The van der Waals surface area contributed by atoms with Crippen LogP contribution in [0.25, 0.3) is 0 Å².